The molecule has 0 aliphatic heterocycles. The quantitative estimate of drug-likeness (QED) is 0.0857. The Hall–Kier alpha value is -5.55. The van der Waals surface area contributed by atoms with E-state index in [4.69, 9.17) is 14.2 Å². The van der Waals surface area contributed by atoms with Gasteiger partial charge < -0.3 is 30.2 Å². The van der Waals surface area contributed by atoms with Crippen LogP contribution in [0.5, 0.6) is 11.5 Å². The van der Waals surface area contributed by atoms with Crippen LogP contribution in [0.1, 0.15) is 40.1 Å². The van der Waals surface area contributed by atoms with E-state index in [0.717, 1.165) is 4.90 Å². The summed E-state index contributed by atoms with van der Waals surface area (Å²) in [6.07, 6.45) is 1.52. The summed E-state index contributed by atoms with van der Waals surface area (Å²) in [6, 6.07) is 27.2. The second kappa shape index (κ2) is 16.7. The topological polar surface area (TPSA) is 132 Å². The Kier molecular flexibility index (Phi) is 12.2. The second-order valence-corrected chi connectivity index (χ2v) is 11.4. The van der Waals surface area contributed by atoms with Crippen LogP contribution in [0.3, 0.4) is 0 Å². The molecule has 11 heteroatoms. The summed E-state index contributed by atoms with van der Waals surface area (Å²) in [5.74, 6) is -0.683. The minimum absolute atomic E-state index is 0.0230. The van der Waals surface area contributed by atoms with Crippen molar-refractivity contribution in [2.45, 2.75) is 24.0 Å². The van der Waals surface area contributed by atoms with Gasteiger partial charge in [0.05, 0.1) is 31.6 Å². The molecule has 0 bridgehead atoms. The number of amides is 3. The molecule has 0 aliphatic rings. The number of thioether (sulfide) groups is 1. The lowest BCUT2D eigenvalue weighted by Crippen LogP contribution is -2.30. The van der Waals surface area contributed by atoms with E-state index in [1.807, 2.05) is 6.07 Å². The van der Waals surface area contributed by atoms with Gasteiger partial charge in [0.15, 0.2) is 0 Å². The van der Waals surface area contributed by atoms with Crippen molar-refractivity contribution in [3.8, 4) is 11.5 Å². The van der Waals surface area contributed by atoms with Gasteiger partial charge in [0.25, 0.3) is 11.8 Å². The van der Waals surface area contributed by atoms with Crippen LogP contribution in [-0.4, -0.2) is 49.8 Å². The van der Waals surface area contributed by atoms with E-state index in [-0.39, 0.29) is 18.2 Å². The highest BCUT2D eigenvalue weighted by Crippen LogP contribution is 2.28. The Morgan fingerprint density at radius 1 is 0.787 bits per heavy atom. The van der Waals surface area contributed by atoms with Crippen LogP contribution >= 0.6 is 11.8 Å². The number of benzene rings is 4. The van der Waals surface area contributed by atoms with E-state index in [1.54, 1.807) is 105 Å². The smallest absolute Gasteiger partial charge is 0.338 e. The molecule has 0 heterocycles. The average molecular weight is 654 g/mol. The van der Waals surface area contributed by atoms with Crippen molar-refractivity contribution in [2.75, 3.05) is 31.5 Å². The molecule has 4 rings (SSSR count). The zero-order valence-electron chi connectivity index (χ0n) is 26.4. The van der Waals surface area contributed by atoms with Gasteiger partial charge in [-0.05, 0) is 92.7 Å². The van der Waals surface area contributed by atoms with Crippen LogP contribution in [-0.2, 0) is 14.3 Å². The number of methoxy groups -OCH3 is 2. The SMILES string of the molecule is CCOC(=O)c1ccc(NC(=O)C(C)Sc2cccc(NC(=O)/C(=C\c3cc(OC)ccc3OC)NC(=O)c3ccccc3)c2)cc1. The van der Waals surface area contributed by atoms with Gasteiger partial charge in [-0.1, -0.05) is 24.3 Å². The monoisotopic (exact) mass is 653 g/mol. The molecule has 242 valence electrons. The molecule has 1 atom stereocenters. The summed E-state index contributed by atoms with van der Waals surface area (Å²) in [5, 5.41) is 7.92. The summed E-state index contributed by atoms with van der Waals surface area (Å²) in [4.78, 5) is 52.2. The van der Waals surface area contributed by atoms with Gasteiger partial charge in [-0.25, -0.2) is 4.79 Å². The van der Waals surface area contributed by atoms with Crippen LogP contribution in [0.25, 0.3) is 6.08 Å². The predicted molar refractivity (Wildman–Crippen MR) is 183 cm³/mol. The zero-order chi connectivity index (χ0) is 33.8. The van der Waals surface area contributed by atoms with Crippen molar-refractivity contribution < 1.29 is 33.4 Å². The van der Waals surface area contributed by atoms with E-state index in [2.05, 4.69) is 16.0 Å². The number of hydrogen-bond donors (Lipinski definition) is 3. The summed E-state index contributed by atoms with van der Waals surface area (Å²) >= 11 is 1.30. The molecular formula is C36H35N3O7S. The number of anilines is 2. The van der Waals surface area contributed by atoms with Crippen LogP contribution in [0.15, 0.2) is 108 Å². The minimum atomic E-state index is -0.571. The highest BCUT2D eigenvalue weighted by molar-refractivity contribution is 8.00. The number of ether oxygens (including phenoxy) is 3. The molecule has 10 nitrogen and oxygen atoms in total. The summed E-state index contributed by atoms with van der Waals surface area (Å²) < 4.78 is 15.8. The van der Waals surface area contributed by atoms with Crippen LogP contribution in [0.4, 0.5) is 11.4 Å². The first-order valence-electron chi connectivity index (χ1n) is 14.7. The highest BCUT2D eigenvalue weighted by atomic mass is 32.2. The van der Waals surface area contributed by atoms with E-state index in [1.165, 1.54) is 32.1 Å². The molecule has 47 heavy (non-hydrogen) atoms. The van der Waals surface area contributed by atoms with Gasteiger partial charge in [-0.3, -0.25) is 14.4 Å². The molecule has 3 N–H and O–H groups in total. The molecular weight excluding hydrogens is 618 g/mol. The fraction of sp³-hybridized carbons (Fsp3) is 0.167. The molecule has 4 aromatic rings. The normalized spacial score (nSPS) is 11.5. The average Bonchev–Trinajstić information content (AvgIpc) is 3.08. The fourth-order valence-corrected chi connectivity index (χ4v) is 5.23. The maximum absolute atomic E-state index is 13.6. The largest absolute Gasteiger partial charge is 0.497 e. The van der Waals surface area contributed by atoms with Gasteiger partial charge in [-0.2, -0.15) is 0 Å². The predicted octanol–water partition coefficient (Wildman–Crippen LogP) is 6.41. The Morgan fingerprint density at radius 2 is 1.53 bits per heavy atom. The van der Waals surface area contributed by atoms with Crippen molar-refractivity contribution in [1.82, 2.24) is 5.32 Å². The van der Waals surface area contributed by atoms with Crippen molar-refractivity contribution in [2.24, 2.45) is 0 Å². The molecule has 0 radical (unpaired) electrons. The van der Waals surface area contributed by atoms with Gasteiger partial charge in [0.2, 0.25) is 5.91 Å². The summed E-state index contributed by atoms with van der Waals surface area (Å²) in [6.45, 7) is 3.77. The maximum atomic E-state index is 13.6. The van der Waals surface area contributed by atoms with Gasteiger partial charge in [0.1, 0.15) is 17.2 Å². The van der Waals surface area contributed by atoms with Crippen molar-refractivity contribution in [1.29, 1.82) is 0 Å². The standard InChI is InChI=1S/C36H35N3O7S/c1-5-46-36(43)25-14-16-27(17-15-25)37-33(40)23(2)47-30-13-9-12-28(22-30)38-35(42)31(39-34(41)24-10-7-6-8-11-24)21-26-20-29(44-3)18-19-32(26)45-4/h6-23H,5H2,1-4H3,(H,37,40)(H,38,42)(H,39,41)/b31-21+. The minimum Gasteiger partial charge on any atom is -0.497 e. The Labute approximate surface area is 277 Å². The fourth-order valence-electron chi connectivity index (χ4n) is 4.30. The second-order valence-electron chi connectivity index (χ2n) is 10.0. The Balaban J connectivity index is 1.49. The van der Waals surface area contributed by atoms with E-state index in [9.17, 15) is 19.2 Å². The van der Waals surface area contributed by atoms with E-state index < -0.39 is 23.0 Å². The number of carbonyl (C=O) groups excluding carboxylic acids is 4. The number of carbonyl (C=O) groups is 4. The maximum Gasteiger partial charge on any atom is 0.338 e. The van der Waals surface area contributed by atoms with Gasteiger partial charge >= 0.3 is 5.97 Å². The zero-order valence-corrected chi connectivity index (χ0v) is 27.2. The third-order valence-corrected chi connectivity index (χ3v) is 7.80. The van der Waals surface area contributed by atoms with E-state index >= 15 is 0 Å². The highest BCUT2D eigenvalue weighted by Gasteiger charge is 2.19. The number of rotatable bonds is 13. The van der Waals surface area contributed by atoms with Gasteiger partial charge in [0, 0.05) is 27.4 Å². The number of hydrogen-bond acceptors (Lipinski definition) is 8. The molecule has 0 aliphatic carbocycles. The molecule has 3 amide bonds. The van der Waals surface area contributed by atoms with E-state index in [0.29, 0.717) is 39.6 Å². The first kappa shape index (κ1) is 34.3. The first-order valence-corrected chi connectivity index (χ1v) is 15.5. The Morgan fingerprint density at radius 3 is 2.21 bits per heavy atom. The van der Waals surface area contributed by atoms with Crippen LogP contribution < -0.4 is 25.4 Å². The summed E-state index contributed by atoms with van der Waals surface area (Å²) in [7, 11) is 3.04. The third-order valence-electron chi connectivity index (χ3n) is 6.70. The van der Waals surface area contributed by atoms with Crippen LogP contribution in [0, 0.1) is 0 Å². The van der Waals surface area contributed by atoms with Crippen molar-refractivity contribution >= 4 is 52.9 Å². The van der Waals surface area contributed by atoms with Crippen LogP contribution in [0.2, 0.25) is 0 Å². The lowest BCUT2D eigenvalue weighted by Gasteiger charge is -2.15. The molecule has 0 aromatic heterocycles. The van der Waals surface area contributed by atoms with Gasteiger partial charge in [-0.15, -0.1) is 11.8 Å². The van der Waals surface area contributed by atoms with Crippen molar-refractivity contribution in [3.05, 3.63) is 119 Å². The van der Waals surface area contributed by atoms with Crippen molar-refractivity contribution in [3.63, 3.8) is 0 Å². The molecule has 1 unspecified atom stereocenters. The third kappa shape index (κ3) is 9.72. The lowest BCUT2D eigenvalue weighted by atomic mass is 10.1. The first-order chi connectivity index (χ1) is 22.7. The Bertz CT molecular complexity index is 1760. The molecule has 0 saturated heterocycles. The molecule has 4 aromatic carbocycles. The molecule has 0 fully saturated rings. The molecule has 0 spiro atoms. The molecule has 0 saturated carbocycles. The lowest BCUT2D eigenvalue weighted by molar-refractivity contribution is -0.115. The summed E-state index contributed by atoms with van der Waals surface area (Å²) in [5.41, 5.74) is 2.27. The number of nitrogens with one attached hydrogen (secondary N) is 3. The number of esters is 1.